The maximum atomic E-state index is 6.24. The molecule has 0 aliphatic heterocycles. The van der Waals surface area contributed by atoms with E-state index in [9.17, 15) is 0 Å². The fourth-order valence-corrected chi connectivity index (χ4v) is 2.45. The zero-order chi connectivity index (χ0) is 13.3. The molecule has 0 saturated carbocycles. The van der Waals surface area contributed by atoms with E-state index in [4.69, 9.17) is 5.73 Å². The van der Waals surface area contributed by atoms with Gasteiger partial charge in [-0.2, -0.15) is 0 Å². The number of rotatable bonds is 3. The number of nitrogen functional groups attached to an aromatic ring is 1. The molecule has 1 aromatic carbocycles. The van der Waals surface area contributed by atoms with Crippen LogP contribution in [0.3, 0.4) is 0 Å². The number of nitrogens with two attached hydrogens (primary N) is 1. The van der Waals surface area contributed by atoms with Crippen LogP contribution < -0.4 is 5.73 Å². The molecule has 3 heteroatoms. The highest BCUT2D eigenvalue weighted by Crippen LogP contribution is 2.30. The molecular formula is C15H21N3. The summed E-state index contributed by atoms with van der Waals surface area (Å²) in [4.78, 5) is 4.65. The highest BCUT2D eigenvalue weighted by atomic mass is 15.2. The maximum absolute atomic E-state index is 6.24. The third kappa shape index (κ3) is 2.13. The van der Waals surface area contributed by atoms with Gasteiger partial charge in [0.15, 0.2) is 0 Å². The Morgan fingerprint density at radius 1 is 1.11 bits per heavy atom. The summed E-state index contributed by atoms with van der Waals surface area (Å²) in [7, 11) is 0. The normalized spacial score (nSPS) is 12.9. The molecule has 0 aliphatic carbocycles. The van der Waals surface area contributed by atoms with E-state index in [1.54, 1.807) is 0 Å². The first kappa shape index (κ1) is 12.7. The molecule has 2 rings (SSSR count). The molecule has 2 N–H and O–H groups in total. The average Bonchev–Trinajstić information content (AvgIpc) is 2.65. The average molecular weight is 243 g/mol. The van der Waals surface area contributed by atoms with Crippen LogP contribution in [0.15, 0.2) is 30.3 Å². The number of aromatic nitrogens is 2. The number of benzene rings is 1. The summed E-state index contributed by atoms with van der Waals surface area (Å²) in [6.07, 6.45) is 0. The number of imidazole rings is 1. The van der Waals surface area contributed by atoms with E-state index in [0.29, 0.717) is 6.04 Å². The van der Waals surface area contributed by atoms with Crippen molar-refractivity contribution in [3.8, 4) is 0 Å². The number of hydrogen-bond acceptors (Lipinski definition) is 2. The van der Waals surface area contributed by atoms with E-state index in [0.717, 1.165) is 17.3 Å². The van der Waals surface area contributed by atoms with Gasteiger partial charge in [0.2, 0.25) is 0 Å². The van der Waals surface area contributed by atoms with Gasteiger partial charge in [0, 0.05) is 12.0 Å². The highest BCUT2D eigenvalue weighted by molar-refractivity contribution is 5.44. The van der Waals surface area contributed by atoms with E-state index in [-0.39, 0.29) is 5.92 Å². The summed E-state index contributed by atoms with van der Waals surface area (Å²) in [5.74, 6) is 2.00. The Bertz CT molecular complexity index is 526. The molecule has 1 aromatic heterocycles. The second kappa shape index (κ2) is 4.84. The van der Waals surface area contributed by atoms with E-state index in [1.165, 1.54) is 5.56 Å². The number of anilines is 1. The Morgan fingerprint density at radius 3 is 2.22 bits per heavy atom. The molecule has 0 radical (unpaired) electrons. The molecule has 18 heavy (non-hydrogen) atoms. The lowest BCUT2D eigenvalue weighted by Gasteiger charge is -2.13. The van der Waals surface area contributed by atoms with E-state index >= 15 is 0 Å². The Kier molecular flexibility index (Phi) is 3.41. The monoisotopic (exact) mass is 243 g/mol. The van der Waals surface area contributed by atoms with Crippen LogP contribution in [0.4, 0.5) is 5.82 Å². The van der Waals surface area contributed by atoms with Crippen molar-refractivity contribution in [2.75, 3.05) is 5.73 Å². The van der Waals surface area contributed by atoms with Crippen LogP contribution in [0.25, 0.3) is 0 Å². The standard InChI is InChI=1S/C15H21N3/c1-10(2)18-12(4)17-14(15(18)16)11(3)13-8-6-5-7-9-13/h5-11H,16H2,1-4H3. The largest absolute Gasteiger partial charge is 0.384 e. The van der Waals surface area contributed by atoms with Gasteiger partial charge >= 0.3 is 0 Å². The van der Waals surface area contributed by atoms with Gasteiger partial charge in [-0.25, -0.2) is 4.98 Å². The number of nitrogens with zero attached hydrogens (tertiary/aromatic N) is 2. The lowest BCUT2D eigenvalue weighted by Crippen LogP contribution is -2.08. The highest BCUT2D eigenvalue weighted by Gasteiger charge is 2.19. The molecule has 0 amide bonds. The van der Waals surface area contributed by atoms with Crippen molar-refractivity contribution in [3.05, 3.63) is 47.4 Å². The molecule has 96 valence electrons. The lowest BCUT2D eigenvalue weighted by atomic mass is 9.98. The van der Waals surface area contributed by atoms with Gasteiger partial charge in [0.05, 0.1) is 5.69 Å². The third-order valence-corrected chi connectivity index (χ3v) is 3.38. The van der Waals surface area contributed by atoms with Crippen molar-refractivity contribution in [1.29, 1.82) is 0 Å². The zero-order valence-corrected chi connectivity index (χ0v) is 11.5. The summed E-state index contributed by atoms with van der Waals surface area (Å²) in [6, 6.07) is 10.7. The van der Waals surface area contributed by atoms with E-state index in [2.05, 4.69) is 42.5 Å². The Morgan fingerprint density at radius 2 is 1.72 bits per heavy atom. The Balaban J connectivity index is 2.44. The summed E-state index contributed by atoms with van der Waals surface area (Å²) < 4.78 is 2.09. The zero-order valence-electron chi connectivity index (χ0n) is 11.5. The molecule has 1 atom stereocenters. The first-order valence-electron chi connectivity index (χ1n) is 6.41. The van der Waals surface area contributed by atoms with E-state index < -0.39 is 0 Å². The molecule has 1 unspecified atom stereocenters. The van der Waals surface area contributed by atoms with Gasteiger partial charge in [0.25, 0.3) is 0 Å². The van der Waals surface area contributed by atoms with Crippen LogP contribution in [-0.4, -0.2) is 9.55 Å². The third-order valence-electron chi connectivity index (χ3n) is 3.38. The summed E-state index contributed by atoms with van der Waals surface area (Å²) in [5, 5.41) is 0. The van der Waals surface area contributed by atoms with E-state index in [1.807, 2.05) is 25.1 Å². The van der Waals surface area contributed by atoms with Gasteiger partial charge in [-0.1, -0.05) is 37.3 Å². The smallest absolute Gasteiger partial charge is 0.127 e. The Labute approximate surface area is 109 Å². The minimum absolute atomic E-state index is 0.227. The summed E-state index contributed by atoms with van der Waals surface area (Å²) in [6.45, 7) is 8.42. The van der Waals surface area contributed by atoms with Crippen LogP contribution in [-0.2, 0) is 0 Å². The van der Waals surface area contributed by atoms with Crippen LogP contribution in [0.5, 0.6) is 0 Å². The topological polar surface area (TPSA) is 43.8 Å². The minimum atomic E-state index is 0.227. The van der Waals surface area contributed by atoms with Crippen LogP contribution in [0, 0.1) is 6.92 Å². The molecule has 0 fully saturated rings. The quantitative estimate of drug-likeness (QED) is 0.896. The van der Waals surface area contributed by atoms with Crippen LogP contribution in [0.1, 0.15) is 49.8 Å². The molecular weight excluding hydrogens is 222 g/mol. The molecule has 1 heterocycles. The van der Waals surface area contributed by atoms with Crippen molar-refractivity contribution in [2.45, 2.75) is 39.7 Å². The van der Waals surface area contributed by atoms with Crippen LogP contribution in [0.2, 0.25) is 0 Å². The molecule has 0 saturated heterocycles. The second-order valence-corrected chi connectivity index (χ2v) is 5.03. The molecule has 0 spiro atoms. The molecule has 2 aromatic rings. The fourth-order valence-electron chi connectivity index (χ4n) is 2.45. The van der Waals surface area contributed by atoms with Gasteiger partial charge < -0.3 is 10.3 Å². The summed E-state index contributed by atoms with van der Waals surface area (Å²) >= 11 is 0. The van der Waals surface area contributed by atoms with Crippen LogP contribution >= 0.6 is 0 Å². The fraction of sp³-hybridized carbons (Fsp3) is 0.400. The predicted octanol–water partition coefficient (Wildman–Crippen LogP) is 3.51. The van der Waals surface area contributed by atoms with Gasteiger partial charge in [-0.05, 0) is 26.3 Å². The SMILES string of the molecule is Cc1nc(C(C)c2ccccc2)c(N)n1C(C)C. The van der Waals surface area contributed by atoms with Gasteiger partial charge in [0.1, 0.15) is 11.6 Å². The first-order chi connectivity index (χ1) is 8.52. The molecule has 0 bridgehead atoms. The van der Waals surface area contributed by atoms with Crippen molar-refractivity contribution in [1.82, 2.24) is 9.55 Å². The lowest BCUT2D eigenvalue weighted by molar-refractivity contribution is 0.590. The first-order valence-corrected chi connectivity index (χ1v) is 6.41. The van der Waals surface area contributed by atoms with Gasteiger partial charge in [-0.15, -0.1) is 0 Å². The predicted molar refractivity (Wildman–Crippen MR) is 75.7 cm³/mol. The minimum Gasteiger partial charge on any atom is -0.384 e. The Hall–Kier alpha value is -1.77. The summed E-state index contributed by atoms with van der Waals surface area (Å²) in [5.41, 5.74) is 8.47. The number of hydrogen-bond donors (Lipinski definition) is 1. The maximum Gasteiger partial charge on any atom is 0.127 e. The van der Waals surface area contributed by atoms with Crippen molar-refractivity contribution in [2.24, 2.45) is 0 Å². The second-order valence-electron chi connectivity index (χ2n) is 5.03. The molecule has 3 nitrogen and oxygen atoms in total. The van der Waals surface area contributed by atoms with Crippen molar-refractivity contribution >= 4 is 5.82 Å². The van der Waals surface area contributed by atoms with Crippen molar-refractivity contribution < 1.29 is 0 Å². The number of aryl methyl sites for hydroxylation is 1. The molecule has 0 aliphatic rings. The van der Waals surface area contributed by atoms with Gasteiger partial charge in [-0.3, -0.25) is 0 Å². The van der Waals surface area contributed by atoms with Crippen molar-refractivity contribution in [3.63, 3.8) is 0 Å².